The van der Waals surface area contributed by atoms with Crippen LogP contribution in [0.3, 0.4) is 0 Å². The van der Waals surface area contributed by atoms with Gasteiger partial charge in [0.2, 0.25) is 0 Å². The van der Waals surface area contributed by atoms with Gasteiger partial charge in [-0.05, 0) is 35.9 Å². The number of aromatic amines is 1. The molecule has 0 aliphatic heterocycles. The van der Waals surface area contributed by atoms with E-state index in [9.17, 15) is 0 Å². The summed E-state index contributed by atoms with van der Waals surface area (Å²) >= 11 is 1.76. The van der Waals surface area contributed by atoms with Crippen LogP contribution in [0.5, 0.6) is 0 Å². The molecule has 3 aromatic rings. The summed E-state index contributed by atoms with van der Waals surface area (Å²) in [6.07, 6.45) is 3.95. The third kappa shape index (κ3) is 4.73. The predicted molar refractivity (Wildman–Crippen MR) is 115 cm³/mol. The number of aryl methyl sites for hydroxylation is 1. The molecule has 128 valence electrons. The molecule has 0 bridgehead atoms. The fourth-order valence-electron chi connectivity index (χ4n) is 2.69. The van der Waals surface area contributed by atoms with Gasteiger partial charge >= 0.3 is 0 Å². The first kappa shape index (κ1) is 18.8. The normalized spacial score (nSPS) is 11.5. The molecule has 2 heterocycles. The number of hydrogen-bond donors (Lipinski definition) is 3. The van der Waals surface area contributed by atoms with Gasteiger partial charge in [0.15, 0.2) is 5.96 Å². The lowest BCUT2D eigenvalue weighted by atomic mass is 10.1. The average Bonchev–Trinajstić information content (AvgIpc) is 3.18. The van der Waals surface area contributed by atoms with Crippen molar-refractivity contribution in [2.24, 2.45) is 10.7 Å². The number of nitrogens with one attached hydrogen (secondary N) is 2. The first-order valence-corrected chi connectivity index (χ1v) is 8.74. The molecule has 0 saturated heterocycles. The summed E-state index contributed by atoms with van der Waals surface area (Å²) in [4.78, 5) is 9.08. The molecule has 3 rings (SSSR count). The first-order chi connectivity index (χ1) is 11.2. The van der Waals surface area contributed by atoms with Gasteiger partial charge in [-0.2, -0.15) is 0 Å². The molecule has 1 aromatic carbocycles. The van der Waals surface area contributed by atoms with Crippen molar-refractivity contribution in [3.63, 3.8) is 0 Å². The van der Waals surface area contributed by atoms with Crippen LogP contribution in [-0.2, 0) is 12.8 Å². The summed E-state index contributed by atoms with van der Waals surface area (Å²) in [6.45, 7) is 3.64. The van der Waals surface area contributed by atoms with E-state index in [0.29, 0.717) is 5.96 Å². The second kappa shape index (κ2) is 9.08. The van der Waals surface area contributed by atoms with E-state index in [0.717, 1.165) is 25.9 Å². The van der Waals surface area contributed by atoms with Crippen LogP contribution in [0.1, 0.15) is 16.0 Å². The van der Waals surface area contributed by atoms with Crippen LogP contribution in [0.2, 0.25) is 0 Å². The van der Waals surface area contributed by atoms with Gasteiger partial charge < -0.3 is 16.0 Å². The zero-order valence-electron chi connectivity index (χ0n) is 13.7. The number of benzene rings is 1. The summed E-state index contributed by atoms with van der Waals surface area (Å²) in [6, 6.07) is 10.6. The first-order valence-electron chi connectivity index (χ1n) is 7.86. The molecular formula is C18H23IN4S. The monoisotopic (exact) mass is 454 g/mol. The number of aromatic nitrogens is 1. The van der Waals surface area contributed by atoms with Gasteiger partial charge in [-0.15, -0.1) is 35.3 Å². The van der Waals surface area contributed by atoms with E-state index in [-0.39, 0.29) is 24.0 Å². The Kier molecular flexibility index (Phi) is 7.11. The fraction of sp³-hybridized carbons (Fsp3) is 0.278. The van der Waals surface area contributed by atoms with Crippen LogP contribution in [-0.4, -0.2) is 24.0 Å². The maximum absolute atomic E-state index is 5.92. The second-order valence-corrected chi connectivity index (χ2v) is 6.62. The van der Waals surface area contributed by atoms with Crippen molar-refractivity contribution in [1.29, 1.82) is 0 Å². The van der Waals surface area contributed by atoms with Crippen LogP contribution in [0.25, 0.3) is 10.9 Å². The number of aliphatic imine (C=N–C) groups is 1. The number of halogens is 1. The molecule has 0 unspecified atom stereocenters. The SMILES string of the molecule is Cc1cccc2c(CCNC(N)=NCCc3cccs3)c[nH]c12.I. The summed E-state index contributed by atoms with van der Waals surface area (Å²) in [5, 5.41) is 6.58. The number of thiophene rings is 1. The predicted octanol–water partition coefficient (Wildman–Crippen LogP) is 3.85. The van der Waals surface area contributed by atoms with Crippen LogP contribution >= 0.6 is 35.3 Å². The highest BCUT2D eigenvalue weighted by atomic mass is 127. The van der Waals surface area contributed by atoms with Gasteiger partial charge in [0.05, 0.1) is 0 Å². The van der Waals surface area contributed by atoms with Crippen molar-refractivity contribution in [1.82, 2.24) is 10.3 Å². The van der Waals surface area contributed by atoms with E-state index < -0.39 is 0 Å². The van der Waals surface area contributed by atoms with Crippen molar-refractivity contribution in [3.05, 3.63) is 57.9 Å². The lowest BCUT2D eigenvalue weighted by Crippen LogP contribution is -2.33. The number of para-hydroxylation sites is 1. The van der Waals surface area contributed by atoms with Crippen molar-refractivity contribution in [2.45, 2.75) is 19.8 Å². The highest BCUT2D eigenvalue weighted by Crippen LogP contribution is 2.21. The van der Waals surface area contributed by atoms with Crippen LogP contribution in [0.4, 0.5) is 0 Å². The third-order valence-electron chi connectivity index (χ3n) is 3.93. The van der Waals surface area contributed by atoms with E-state index in [1.54, 1.807) is 11.3 Å². The van der Waals surface area contributed by atoms with E-state index in [2.05, 4.69) is 64.1 Å². The minimum absolute atomic E-state index is 0. The molecule has 0 aliphatic rings. The van der Waals surface area contributed by atoms with Crippen LogP contribution in [0, 0.1) is 6.92 Å². The van der Waals surface area contributed by atoms with Crippen molar-refractivity contribution < 1.29 is 0 Å². The number of guanidine groups is 1. The topological polar surface area (TPSA) is 66.2 Å². The number of H-pyrrole nitrogens is 1. The van der Waals surface area contributed by atoms with E-state index in [4.69, 9.17) is 5.73 Å². The quantitative estimate of drug-likeness (QED) is 0.301. The van der Waals surface area contributed by atoms with E-state index in [1.807, 2.05) is 0 Å². The minimum Gasteiger partial charge on any atom is -0.370 e. The number of nitrogens with two attached hydrogens (primary N) is 1. The Morgan fingerprint density at radius 2 is 2.12 bits per heavy atom. The summed E-state index contributed by atoms with van der Waals surface area (Å²) in [5.41, 5.74) is 9.73. The Morgan fingerprint density at radius 1 is 1.25 bits per heavy atom. The lowest BCUT2D eigenvalue weighted by Gasteiger charge is -2.05. The van der Waals surface area contributed by atoms with Crippen LogP contribution in [0.15, 0.2) is 46.9 Å². The molecular weight excluding hydrogens is 431 g/mol. The summed E-state index contributed by atoms with van der Waals surface area (Å²) < 4.78 is 0. The largest absolute Gasteiger partial charge is 0.370 e. The highest BCUT2D eigenvalue weighted by Gasteiger charge is 2.05. The Hall–Kier alpha value is -1.54. The standard InChI is InChI=1S/C18H22N4S.HI/c1-13-4-2-6-16-14(12-22-17(13)16)7-9-20-18(19)21-10-8-15-5-3-11-23-15;/h2-6,11-12,22H,7-10H2,1H3,(H3,19,20,21);1H. The smallest absolute Gasteiger partial charge is 0.188 e. The maximum Gasteiger partial charge on any atom is 0.188 e. The molecule has 24 heavy (non-hydrogen) atoms. The molecule has 0 saturated carbocycles. The van der Waals surface area contributed by atoms with Gasteiger partial charge in [0, 0.05) is 41.5 Å². The van der Waals surface area contributed by atoms with E-state index in [1.165, 1.54) is 26.9 Å². The Labute approximate surface area is 163 Å². The zero-order chi connectivity index (χ0) is 16.1. The molecule has 0 radical (unpaired) electrons. The summed E-state index contributed by atoms with van der Waals surface area (Å²) in [5.74, 6) is 0.526. The molecule has 4 nitrogen and oxygen atoms in total. The van der Waals surface area contributed by atoms with Crippen molar-refractivity contribution >= 4 is 52.2 Å². The van der Waals surface area contributed by atoms with Gasteiger partial charge in [-0.3, -0.25) is 4.99 Å². The Morgan fingerprint density at radius 3 is 2.92 bits per heavy atom. The number of nitrogens with zero attached hydrogens (tertiary/aromatic N) is 1. The molecule has 2 aromatic heterocycles. The van der Waals surface area contributed by atoms with Gasteiger partial charge in [0.25, 0.3) is 0 Å². The second-order valence-electron chi connectivity index (χ2n) is 5.58. The lowest BCUT2D eigenvalue weighted by molar-refractivity contribution is 0.848. The van der Waals surface area contributed by atoms with Gasteiger partial charge in [-0.25, -0.2) is 0 Å². The number of fused-ring (bicyclic) bond motifs is 1. The fourth-order valence-corrected chi connectivity index (χ4v) is 3.39. The minimum atomic E-state index is 0. The molecule has 0 aliphatic carbocycles. The number of rotatable bonds is 6. The molecule has 0 spiro atoms. The van der Waals surface area contributed by atoms with Crippen molar-refractivity contribution in [2.75, 3.05) is 13.1 Å². The third-order valence-corrected chi connectivity index (χ3v) is 4.87. The molecule has 4 N–H and O–H groups in total. The molecule has 0 amide bonds. The van der Waals surface area contributed by atoms with Gasteiger partial charge in [0.1, 0.15) is 0 Å². The summed E-state index contributed by atoms with van der Waals surface area (Å²) in [7, 11) is 0. The Balaban J connectivity index is 0.00000208. The van der Waals surface area contributed by atoms with Crippen LogP contribution < -0.4 is 11.1 Å². The average molecular weight is 454 g/mol. The van der Waals surface area contributed by atoms with E-state index >= 15 is 0 Å². The Bertz CT molecular complexity index is 793. The molecule has 0 fully saturated rings. The molecule has 0 atom stereocenters. The zero-order valence-corrected chi connectivity index (χ0v) is 16.9. The number of hydrogen-bond acceptors (Lipinski definition) is 2. The highest BCUT2D eigenvalue weighted by molar-refractivity contribution is 14.0. The van der Waals surface area contributed by atoms with Gasteiger partial charge in [-0.1, -0.05) is 24.3 Å². The van der Waals surface area contributed by atoms with Crippen molar-refractivity contribution in [3.8, 4) is 0 Å². The maximum atomic E-state index is 5.92. The molecule has 6 heteroatoms.